The number of nitrogens with two attached hydrogens (primary N) is 1. The zero-order valence-corrected chi connectivity index (χ0v) is 10.8. The van der Waals surface area contributed by atoms with Crippen molar-refractivity contribution in [2.75, 3.05) is 7.11 Å². The molecule has 4 heteroatoms. The lowest BCUT2D eigenvalue weighted by Crippen LogP contribution is -2.15. The Balaban J connectivity index is 2.37. The van der Waals surface area contributed by atoms with Gasteiger partial charge in [0.2, 0.25) is 0 Å². The van der Waals surface area contributed by atoms with E-state index in [0.717, 1.165) is 23.7 Å². The molecule has 1 heterocycles. The van der Waals surface area contributed by atoms with Crippen molar-refractivity contribution in [1.82, 2.24) is 4.98 Å². The van der Waals surface area contributed by atoms with Gasteiger partial charge in [-0.05, 0) is 37.5 Å². The van der Waals surface area contributed by atoms with Gasteiger partial charge < -0.3 is 15.5 Å². The van der Waals surface area contributed by atoms with Gasteiger partial charge in [0.25, 0.3) is 0 Å². The number of aromatic amines is 1. The molecule has 0 saturated heterocycles. The molecule has 1 aromatic carbocycles. The van der Waals surface area contributed by atoms with Crippen molar-refractivity contribution in [2.45, 2.75) is 25.8 Å². The number of aryl methyl sites for hydroxylation is 1. The number of hydrogen-bond acceptors (Lipinski definition) is 2. The third-order valence-corrected chi connectivity index (χ3v) is 3.20. The summed E-state index contributed by atoms with van der Waals surface area (Å²) >= 11 is 6.08. The maximum atomic E-state index is 6.08. The van der Waals surface area contributed by atoms with Gasteiger partial charge in [0, 0.05) is 23.1 Å². The van der Waals surface area contributed by atoms with Crippen LogP contribution in [-0.4, -0.2) is 18.1 Å². The average molecular weight is 253 g/mol. The highest BCUT2D eigenvalue weighted by atomic mass is 35.5. The summed E-state index contributed by atoms with van der Waals surface area (Å²) in [6.07, 6.45) is 3.95. The van der Waals surface area contributed by atoms with Crippen molar-refractivity contribution in [3.63, 3.8) is 0 Å². The molecule has 0 amide bonds. The number of benzene rings is 1. The fraction of sp³-hybridized carbons (Fsp3) is 0.385. The largest absolute Gasteiger partial charge is 0.495 e. The van der Waals surface area contributed by atoms with Gasteiger partial charge in [-0.1, -0.05) is 11.6 Å². The zero-order valence-electron chi connectivity index (χ0n) is 10.1. The summed E-state index contributed by atoms with van der Waals surface area (Å²) in [6, 6.07) is 4.09. The number of H-pyrrole nitrogens is 1. The molecule has 0 radical (unpaired) electrons. The Morgan fingerprint density at radius 2 is 2.24 bits per heavy atom. The van der Waals surface area contributed by atoms with E-state index in [4.69, 9.17) is 22.1 Å². The Morgan fingerprint density at radius 1 is 1.47 bits per heavy atom. The lowest BCUT2D eigenvalue weighted by atomic mass is 10.1. The van der Waals surface area contributed by atoms with Gasteiger partial charge in [0.05, 0.1) is 12.1 Å². The SMILES string of the molecule is COc1cc2c(CCC(C)N)c[nH]c2cc1Cl. The van der Waals surface area contributed by atoms with Crippen molar-refractivity contribution in [1.29, 1.82) is 0 Å². The van der Waals surface area contributed by atoms with E-state index >= 15 is 0 Å². The lowest BCUT2D eigenvalue weighted by molar-refractivity contribution is 0.415. The molecule has 0 spiro atoms. The Morgan fingerprint density at radius 3 is 2.88 bits per heavy atom. The quantitative estimate of drug-likeness (QED) is 0.879. The molecule has 0 saturated carbocycles. The van der Waals surface area contributed by atoms with Gasteiger partial charge >= 0.3 is 0 Å². The number of rotatable bonds is 4. The molecule has 1 unspecified atom stereocenters. The van der Waals surface area contributed by atoms with Crippen LogP contribution in [0.3, 0.4) is 0 Å². The first kappa shape index (κ1) is 12.3. The summed E-state index contributed by atoms with van der Waals surface area (Å²) in [4.78, 5) is 3.22. The molecule has 1 aromatic heterocycles. The summed E-state index contributed by atoms with van der Waals surface area (Å²) in [5, 5.41) is 1.78. The van der Waals surface area contributed by atoms with Gasteiger partial charge in [0.15, 0.2) is 0 Å². The molecule has 2 aromatic rings. The Labute approximate surface area is 106 Å². The maximum absolute atomic E-state index is 6.08. The lowest BCUT2D eigenvalue weighted by Gasteiger charge is -2.06. The van der Waals surface area contributed by atoms with Crippen LogP contribution in [0.25, 0.3) is 10.9 Å². The Kier molecular flexibility index (Phi) is 3.60. The minimum Gasteiger partial charge on any atom is -0.495 e. The van der Waals surface area contributed by atoms with E-state index in [2.05, 4.69) is 4.98 Å². The third-order valence-electron chi connectivity index (χ3n) is 2.91. The van der Waals surface area contributed by atoms with Crippen molar-refractivity contribution in [3.8, 4) is 5.75 Å². The Bertz CT molecular complexity index is 519. The van der Waals surface area contributed by atoms with Crippen LogP contribution in [0, 0.1) is 0 Å². The van der Waals surface area contributed by atoms with Crippen molar-refractivity contribution in [3.05, 3.63) is 28.9 Å². The van der Waals surface area contributed by atoms with Crippen molar-refractivity contribution in [2.24, 2.45) is 5.73 Å². The summed E-state index contributed by atoms with van der Waals surface area (Å²) in [5.41, 5.74) is 8.07. The van der Waals surface area contributed by atoms with Crippen LogP contribution in [0.15, 0.2) is 18.3 Å². The number of ether oxygens (including phenoxy) is 1. The standard InChI is InChI=1S/C13H17ClN2O/c1-8(15)3-4-9-7-16-12-6-11(14)13(17-2)5-10(9)12/h5-8,16H,3-4,15H2,1-2H3. The van der Waals surface area contributed by atoms with Crippen LogP contribution in [0.5, 0.6) is 5.75 Å². The number of nitrogens with one attached hydrogen (secondary N) is 1. The van der Waals surface area contributed by atoms with Gasteiger partial charge in [0.1, 0.15) is 5.75 Å². The molecular formula is C13H17ClN2O. The van der Waals surface area contributed by atoms with Crippen LogP contribution in [0.4, 0.5) is 0 Å². The first-order valence-electron chi connectivity index (χ1n) is 5.71. The maximum Gasteiger partial charge on any atom is 0.138 e. The molecule has 1 atom stereocenters. The molecule has 92 valence electrons. The second kappa shape index (κ2) is 4.98. The van der Waals surface area contributed by atoms with E-state index in [0.29, 0.717) is 10.8 Å². The molecule has 0 aliphatic rings. The summed E-state index contributed by atoms with van der Waals surface area (Å²) in [5.74, 6) is 0.709. The van der Waals surface area contributed by atoms with Crippen molar-refractivity contribution < 1.29 is 4.74 Å². The number of aromatic nitrogens is 1. The minimum absolute atomic E-state index is 0.217. The minimum atomic E-state index is 0.217. The summed E-state index contributed by atoms with van der Waals surface area (Å²) in [7, 11) is 1.63. The summed E-state index contributed by atoms with van der Waals surface area (Å²) < 4.78 is 5.23. The first-order valence-corrected chi connectivity index (χ1v) is 6.08. The van der Waals surface area contributed by atoms with Crippen LogP contribution in [-0.2, 0) is 6.42 Å². The Hall–Kier alpha value is -1.19. The highest BCUT2D eigenvalue weighted by molar-refractivity contribution is 6.32. The third kappa shape index (κ3) is 2.56. The normalized spacial score (nSPS) is 12.9. The second-order valence-corrected chi connectivity index (χ2v) is 4.77. The number of methoxy groups -OCH3 is 1. The zero-order chi connectivity index (χ0) is 12.4. The fourth-order valence-corrected chi connectivity index (χ4v) is 2.17. The van der Waals surface area contributed by atoms with Crippen molar-refractivity contribution >= 4 is 22.5 Å². The second-order valence-electron chi connectivity index (χ2n) is 4.36. The first-order chi connectivity index (χ1) is 8.11. The van der Waals surface area contributed by atoms with E-state index in [-0.39, 0.29) is 6.04 Å². The summed E-state index contributed by atoms with van der Waals surface area (Å²) in [6.45, 7) is 2.02. The molecule has 17 heavy (non-hydrogen) atoms. The van der Waals surface area contributed by atoms with Crippen LogP contribution in [0.2, 0.25) is 5.02 Å². The number of fused-ring (bicyclic) bond motifs is 1. The average Bonchev–Trinajstić information content (AvgIpc) is 2.67. The van der Waals surface area contributed by atoms with Crippen LogP contribution in [0.1, 0.15) is 18.9 Å². The molecule has 0 bridgehead atoms. The predicted molar refractivity (Wildman–Crippen MR) is 71.8 cm³/mol. The van der Waals surface area contributed by atoms with Crippen LogP contribution >= 0.6 is 11.6 Å². The highest BCUT2D eigenvalue weighted by Crippen LogP contribution is 2.31. The van der Waals surface area contributed by atoms with E-state index < -0.39 is 0 Å². The van der Waals surface area contributed by atoms with Gasteiger partial charge in [-0.2, -0.15) is 0 Å². The van der Waals surface area contributed by atoms with Crippen LogP contribution < -0.4 is 10.5 Å². The topological polar surface area (TPSA) is 51.0 Å². The molecule has 0 aliphatic carbocycles. The molecule has 0 fully saturated rings. The van der Waals surface area contributed by atoms with Gasteiger partial charge in [-0.15, -0.1) is 0 Å². The van der Waals surface area contributed by atoms with E-state index in [1.807, 2.05) is 25.3 Å². The van der Waals surface area contributed by atoms with E-state index in [1.54, 1.807) is 7.11 Å². The highest BCUT2D eigenvalue weighted by Gasteiger charge is 2.09. The predicted octanol–water partition coefficient (Wildman–Crippen LogP) is 3.11. The van der Waals surface area contributed by atoms with Gasteiger partial charge in [-0.3, -0.25) is 0 Å². The fourth-order valence-electron chi connectivity index (χ4n) is 1.93. The molecule has 3 N–H and O–H groups in total. The number of hydrogen-bond donors (Lipinski definition) is 2. The molecule has 0 aliphatic heterocycles. The van der Waals surface area contributed by atoms with E-state index in [1.165, 1.54) is 5.56 Å². The monoisotopic (exact) mass is 252 g/mol. The molecular weight excluding hydrogens is 236 g/mol. The van der Waals surface area contributed by atoms with Gasteiger partial charge in [-0.25, -0.2) is 0 Å². The molecule has 2 rings (SSSR count). The smallest absolute Gasteiger partial charge is 0.138 e. The number of halogens is 1. The molecule has 3 nitrogen and oxygen atoms in total. The van der Waals surface area contributed by atoms with E-state index in [9.17, 15) is 0 Å².